The lowest BCUT2D eigenvalue weighted by Crippen LogP contribution is -2.27. The third-order valence-electron chi connectivity index (χ3n) is 3.41. The predicted octanol–water partition coefficient (Wildman–Crippen LogP) is 2.38. The van der Waals surface area contributed by atoms with Crippen molar-refractivity contribution in [3.8, 4) is 5.95 Å². The van der Waals surface area contributed by atoms with Crippen LogP contribution in [-0.4, -0.2) is 32.3 Å². The van der Waals surface area contributed by atoms with Gasteiger partial charge in [-0.15, -0.1) is 0 Å². The molecule has 0 aliphatic carbocycles. The van der Waals surface area contributed by atoms with Gasteiger partial charge in [-0.05, 0) is 25.8 Å². The van der Waals surface area contributed by atoms with Crippen molar-refractivity contribution in [2.75, 3.05) is 6.54 Å². The lowest BCUT2D eigenvalue weighted by Gasteiger charge is -2.15. The summed E-state index contributed by atoms with van der Waals surface area (Å²) in [6.45, 7) is 11.6. The molecule has 20 heavy (non-hydrogen) atoms. The van der Waals surface area contributed by atoms with E-state index in [0.717, 1.165) is 17.9 Å². The molecule has 108 valence electrons. The molecule has 0 spiro atoms. The van der Waals surface area contributed by atoms with Gasteiger partial charge < -0.3 is 5.32 Å². The molecule has 5 nitrogen and oxygen atoms in total. The fourth-order valence-corrected chi connectivity index (χ4v) is 2.48. The monoisotopic (exact) mass is 273 g/mol. The zero-order chi connectivity index (χ0) is 14.7. The zero-order valence-electron chi connectivity index (χ0n) is 12.9. The van der Waals surface area contributed by atoms with Crippen LogP contribution >= 0.6 is 0 Å². The van der Waals surface area contributed by atoms with Crippen molar-refractivity contribution in [2.45, 2.75) is 46.6 Å². The number of hydrogen-bond donors (Lipinski definition) is 1. The van der Waals surface area contributed by atoms with Gasteiger partial charge in [-0.1, -0.05) is 20.8 Å². The van der Waals surface area contributed by atoms with E-state index in [2.05, 4.69) is 48.1 Å². The Balaban J connectivity index is 2.30. The Hall–Kier alpha value is -1.75. The Morgan fingerprint density at radius 1 is 1.15 bits per heavy atom. The molecule has 0 saturated heterocycles. The van der Waals surface area contributed by atoms with Gasteiger partial charge in [0, 0.05) is 36.2 Å². The maximum atomic E-state index is 4.59. The smallest absolute Gasteiger partial charge is 0.250 e. The van der Waals surface area contributed by atoms with Crippen molar-refractivity contribution in [1.29, 1.82) is 0 Å². The molecule has 0 aliphatic heterocycles. The highest BCUT2D eigenvalue weighted by Crippen LogP contribution is 2.24. The molecule has 0 fully saturated rings. The van der Waals surface area contributed by atoms with Gasteiger partial charge in [-0.25, -0.2) is 14.6 Å². The molecule has 0 amide bonds. The standard InChI is InChI=1S/C15H23N5/c1-10(2)18-9-11(3)14-12(4)19-20(13(14)5)15-16-7-6-8-17-15/h6-8,10-11,18H,9H2,1-5H3. The lowest BCUT2D eigenvalue weighted by atomic mass is 9.99. The second-order valence-electron chi connectivity index (χ2n) is 5.51. The molecular formula is C15H23N5. The first kappa shape index (κ1) is 14.7. The molecule has 0 aliphatic rings. The average Bonchev–Trinajstić information content (AvgIpc) is 2.72. The van der Waals surface area contributed by atoms with Crippen molar-refractivity contribution in [1.82, 2.24) is 25.1 Å². The summed E-state index contributed by atoms with van der Waals surface area (Å²) in [6.07, 6.45) is 3.48. The molecule has 0 bridgehead atoms. The third kappa shape index (κ3) is 3.04. The van der Waals surface area contributed by atoms with E-state index < -0.39 is 0 Å². The van der Waals surface area contributed by atoms with Crippen LogP contribution in [0.2, 0.25) is 0 Å². The Kier molecular flexibility index (Phi) is 4.49. The van der Waals surface area contributed by atoms with Crippen LogP contribution in [0.15, 0.2) is 18.5 Å². The molecule has 0 saturated carbocycles. The molecule has 1 unspecified atom stereocenters. The summed E-state index contributed by atoms with van der Waals surface area (Å²) in [4.78, 5) is 8.54. The van der Waals surface area contributed by atoms with Crippen molar-refractivity contribution in [3.05, 3.63) is 35.4 Å². The van der Waals surface area contributed by atoms with Crippen LogP contribution in [0.25, 0.3) is 5.95 Å². The number of nitrogens with zero attached hydrogens (tertiary/aromatic N) is 4. The van der Waals surface area contributed by atoms with Gasteiger partial charge in [0.1, 0.15) is 0 Å². The number of nitrogens with one attached hydrogen (secondary N) is 1. The zero-order valence-corrected chi connectivity index (χ0v) is 12.9. The number of hydrogen-bond acceptors (Lipinski definition) is 4. The average molecular weight is 273 g/mol. The van der Waals surface area contributed by atoms with Crippen LogP contribution in [0, 0.1) is 13.8 Å². The molecule has 2 heterocycles. The summed E-state index contributed by atoms with van der Waals surface area (Å²) in [5.74, 6) is 1.04. The number of aryl methyl sites for hydroxylation is 1. The molecule has 5 heteroatoms. The largest absolute Gasteiger partial charge is 0.314 e. The van der Waals surface area contributed by atoms with E-state index in [9.17, 15) is 0 Å². The minimum absolute atomic E-state index is 0.412. The van der Waals surface area contributed by atoms with Gasteiger partial charge in [0.2, 0.25) is 0 Å². The van der Waals surface area contributed by atoms with Gasteiger partial charge in [0.25, 0.3) is 5.95 Å². The molecule has 2 rings (SSSR count). The number of aromatic nitrogens is 4. The van der Waals surface area contributed by atoms with Gasteiger partial charge in [0.15, 0.2) is 0 Å². The van der Waals surface area contributed by atoms with Crippen LogP contribution in [0.1, 0.15) is 43.6 Å². The number of rotatable bonds is 5. The van der Waals surface area contributed by atoms with Crippen molar-refractivity contribution < 1.29 is 0 Å². The first-order valence-corrected chi connectivity index (χ1v) is 7.07. The van der Waals surface area contributed by atoms with E-state index in [1.165, 1.54) is 5.56 Å². The second-order valence-corrected chi connectivity index (χ2v) is 5.51. The molecular weight excluding hydrogens is 250 g/mol. The van der Waals surface area contributed by atoms with E-state index in [0.29, 0.717) is 17.9 Å². The Morgan fingerprint density at radius 2 is 1.80 bits per heavy atom. The summed E-state index contributed by atoms with van der Waals surface area (Å²) < 4.78 is 1.83. The summed E-state index contributed by atoms with van der Waals surface area (Å²) in [5.41, 5.74) is 3.45. The highest BCUT2D eigenvalue weighted by atomic mass is 15.4. The fraction of sp³-hybridized carbons (Fsp3) is 0.533. The Bertz CT molecular complexity index is 559. The fourth-order valence-electron chi connectivity index (χ4n) is 2.48. The maximum absolute atomic E-state index is 4.59. The highest BCUT2D eigenvalue weighted by molar-refractivity contribution is 5.32. The maximum Gasteiger partial charge on any atom is 0.250 e. The Labute approximate surface area is 120 Å². The quantitative estimate of drug-likeness (QED) is 0.908. The van der Waals surface area contributed by atoms with Gasteiger partial charge >= 0.3 is 0 Å². The normalized spacial score (nSPS) is 12.9. The summed E-state index contributed by atoms with van der Waals surface area (Å²) >= 11 is 0. The molecule has 2 aromatic heterocycles. The highest BCUT2D eigenvalue weighted by Gasteiger charge is 2.19. The van der Waals surface area contributed by atoms with Crippen LogP contribution in [0.3, 0.4) is 0 Å². The SMILES string of the molecule is Cc1nn(-c2ncccn2)c(C)c1C(C)CNC(C)C. The van der Waals surface area contributed by atoms with Crippen LogP contribution in [0.4, 0.5) is 0 Å². The topological polar surface area (TPSA) is 55.6 Å². The predicted molar refractivity (Wildman–Crippen MR) is 80.2 cm³/mol. The summed E-state index contributed by atoms with van der Waals surface area (Å²) in [7, 11) is 0. The molecule has 1 atom stereocenters. The van der Waals surface area contributed by atoms with E-state index >= 15 is 0 Å². The van der Waals surface area contributed by atoms with E-state index in [-0.39, 0.29) is 0 Å². The molecule has 2 aromatic rings. The van der Waals surface area contributed by atoms with Crippen LogP contribution in [0.5, 0.6) is 0 Å². The third-order valence-corrected chi connectivity index (χ3v) is 3.41. The molecule has 0 radical (unpaired) electrons. The van der Waals surface area contributed by atoms with E-state index in [1.807, 2.05) is 17.7 Å². The van der Waals surface area contributed by atoms with Gasteiger partial charge in [0.05, 0.1) is 5.69 Å². The first-order valence-electron chi connectivity index (χ1n) is 7.07. The van der Waals surface area contributed by atoms with Gasteiger partial charge in [-0.3, -0.25) is 0 Å². The van der Waals surface area contributed by atoms with Crippen LogP contribution < -0.4 is 5.32 Å². The van der Waals surface area contributed by atoms with E-state index in [4.69, 9.17) is 0 Å². The minimum Gasteiger partial charge on any atom is -0.314 e. The van der Waals surface area contributed by atoms with Gasteiger partial charge in [-0.2, -0.15) is 5.10 Å². The first-order chi connectivity index (χ1) is 9.50. The second kappa shape index (κ2) is 6.13. The molecule has 1 N–H and O–H groups in total. The van der Waals surface area contributed by atoms with Crippen molar-refractivity contribution in [3.63, 3.8) is 0 Å². The molecule has 0 aromatic carbocycles. The Morgan fingerprint density at radius 3 is 2.40 bits per heavy atom. The summed E-state index contributed by atoms with van der Waals surface area (Å²) in [6, 6.07) is 2.30. The van der Waals surface area contributed by atoms with Crippen molar-refractivity contribution in [2.24, 2.45) is 0 Å². The lowest BCUT2D eigenvalue weighted by molar-refractivity contribution is 0.546. The summed E-state index contributed by atoms with van der Waals surface area (Å²) in [5, 5.41) is 8.07. The van der Waals surface area contributed by atoms with Crippen LogP contribution in [-0.2, 0) is 0 Å². The van der Waals surface area contributed by atoms with Crippen molar-refractivity contribution >= 4 is 0 Å². The van der Waals surface area contributed by atoms with E-state index in [1.54, 1.807) is 12.4 Å². The minimum atomic E-state index is 0.412.